The van der Waals surface area contributed by atoms with Crippen molar-refractivity contribution in [2.24, 2.45) is 5.92 Å². The number of nitrogens with one attached hydrogen (secondary N) is 2. The van der Waals surface area contributed by atoms with Gasteiger partial charge in [-0.05, 0) is 6.92 Å². The van der Waals surface area contributed by atoms with Crippen molar-refractivity contribution in [2.45, 2.75) is 13.3 Å². The summed E-state index contributed by atoms with van der Waals surface area (Å²) in [7, 11) is 0. The third-order valence-corrected chi connectivity index (χ3v) is 3.56. The molecule has 3 heterocycles. The molecule has 3 rings (SSSR count). The second-order valence-electron chi connectivity index (χ2n) is 4.95. The van der Waals surface area contributed by atoms with Crippen molar-refractivity contribution in [1.82, 2.24) is 25.1 Å². The normalized spacial score (nSPS) is 18.9. The Labute approximate surface area is 115 Å². The molecule has 20 heavy (non-hydrogen) atoms. The number of carbonyl (C=O) groups excluding carboxylic acids is 1. The lowest BCUT2D eigenvalue weighted by Crippen LogP contribution is -2.25. The second kappa shape index (κ2) is 4.95. The number of amides is 1. The lowest BCUT2D eigenvalue weighted by molar-refractivity contribution is -0.127. The van der Waals surface area contributed by atoms with Crippen molar-refractivity contribution in [3.05, 3.63) is 6.20 Å². The number of aromatic amines is 1. The van der Waals surface area contributed by atoms with Gasteiger partial charge in [0.25, 0.3) is 0 Å². The van der Waals surface area contributed by atoms with Gasteiger partial charge in [0.1, 0.15) is 5.82 Å². The molecule has 2 aromatic rings. The van der Waals surface area contributed by atoms with E-state index in [-0.39, 0.29) is 11.9 Å². The quantitative estimate of drug-likeness (QED) is 0.735. The molecule has 8 nitrogen and oxygen atoms in total. The number of likely N-dealkylation sites (tertiary alicyclic amines) is 1. The van der Waals surface area contributed by atoms with Crippen molar-refractivity contribution in [3.8, 4) is 0 Å². The van der Waals surface area contributed by atoms with E-state index >= 15 is 0 Å². The second-order valence-corrected chi connectivity index (χ2v) is 4.95. The number of hydrogen-bond acceptors (Lipinski definition) is 6. The minimum Gasteiger partial charge on any atom is -0.369 e. The summed E-state index contributed by atoms with van der Waals surface area (Å²) in [6.07, 6.45) is 2.24. The average molecular weight is 275 g/mol. The summed E-state index contributed by atoms with van der Waals surface area (Å²) in [5, 5.41) is 10.8. The van der Waals surface area contributed by atoms with Crippen LogP contribution in [0.5, 0.6) is 0 Å². The van der Waals surface area contributed by atoms with Crippen molar-refractivity contribution >= 4 is 28.7 Å². The molecule has 0 saturated carbocycles. The van der Waals surface area contributed by atoms with Crippen LogP contribution in [-0.4, -0.2) is 50.6 Å². The molecular weight excluding hydrogens is 258 g/mol. The molecule has 0 bridgehead atoms. The van der Waals surface area contributed by atoms with Crippen LogP contribution < -0.4 is 11.1 Å². The summed E-state index contributed by atoms with van der Waals surface area (Å²) in [5.41, 5.74) is 6.27. The minimum atomic E-state index is 0.196. The molecule has 1 aliphatic rings. The number of nitrogen functional groups attached to an aromatic ring is 1. The monoisotopic (exact) mass is 275 g/mol. The Bertz CT molecular complexity index is 638. The summed E-state index contributed by atoms with van der Waals surface area (Å²) in [6.45, 7) is 4.23. The molecule has 4 N–H and O–H groups in total. The zero-order valence-electron chi connectivity index (χ0n) is 11.3. The van der Waals surface area contributed by atoms with Gasteiger partial charge in [-0.15, -0.1) is 0 Å². The Morgan fingerprint density at radius 3 is 3.15 bits per heavy atom. The Morgan fingerprint density at radius 2 is 2.40 bits per heavy atom. The first kappa shape index (κ1) is 12.6. The molecule has 0 aliphatic carbocycles. The van der Waals surface area contributed by atoms with Crippen molar-refractivity contribution < 1.29 is 4.79 Å². The predicted octanol–water partition coefficient (Wildman–Crippen LogP) is 0.215. The molecular formula is C12H17N7O. The first-order chi connectivity index (χ1) is 9.67. The predicted molar refractivity (Wildman–Crippen MR) is 74.9 cm³/mol. The fourth-order valence-corrected chi connectivity index (χ4v) is 2.52. The number of anilines is 2. The van der Waals surface area contributed by atoms with Gasteiger partial charge in [-0.25, -0.2) is 0 Å². The first-order valence-corrected chi connectivity index (χ1v) is 6.65. The number of nitrogens with zero attached hydrogens (tertiary/aromatic N) is 4. The molecule has 1 unspecified atom stereocenters. The molecule has 106 valence electrons. The maximum atomic E-state index is 11.7. The lowest BCUT2D eigenvalue weighted by atomic mass is 10.1. The minimum absolute atomic E-state index is 0.196. The van der Waals surface area contributed by atoms with E-state index in [1.54, 1.807) is 6.20 Å². The summed E-state index contributed by atoms with van der Waals surface area (Å²) in [4.78, 5) is 21.8. The fraction of sp³-hybridized carbons (Fsp3) is 0.500. The number of aromatic nitrogens is 4. The van der Waals surface area contributed by atoms with Crippen molar-refractivity contribution in [2.75, 3.05) is 30.7 Å². The Morgan fingerprint density at radius 1 is 1.55 bits per heavy atom. The molecule has 2 aromatic heterocycles. The van der Waals surface area contributed by atoms with Crippen LogP contribution in [0.15, 0.2) is 6.20 Å². The fourth-order valence-electron chi connectivity index (χ4n) is 2.52. The van der Waals surface area contributed by atoms with Crippen molar-refractivity contribution in [1.29, 1.82) is 0 Å². The van der Waals surface area contributed by atoms with Gasteiger partial charge in [-0.1, -0.05) is 0 Å². The Hall–Kier alpha value is -2.38. The molecule has 8 heteroatoms. The number of nitrogens with two attached hydrogens (primary N) is 1. The summed E-state index contributed by atoms with van der Waals surface area (Å²) in [6, 6.07) is 0. The van der Waals surface area contributed by atoms with Crippen LogP contribution >= 0.6 is 0 Å². The number of fused-ring (bicyclic) bond motifs is 1. The lowest BCUT2D eigenvalue weighted by Gasteiger charge is -2.14. The first-order valence-electron chi connectivity index (χ1n) is 6.65. The van der Waals surface area contributed by atoms with Gasteiger partial charge in [0, 0.05) is 32.0 Å². The summed E-state index contributed by atoms with van der Waals surface area (Å²) >= 11 is 0. The molecule has 0 radical (unpaired) electrons. The smallest absolute Gasteiger partial charge is 0.224 e. The van der Waals surface area contributed by atoms with Gasteiger partial charge in [-0.3, -0.25) is 9.89 Å². The molecule has 1 fully saturated rings. The highest BCUT2D eigenvalue weighted by atomic mass is 16.2. The van der Waals surface area contributed by atoms with E-state index in [1.165, 1.54) is 0 Å². The maximum Gasteiger partial charge on any atom is 0.224 e. The van der Waals surface area contributed by atoms with Crippen LogP contribution in [0.4, 0.5) is 11.8 Å². The Kier molecular flexibility index (Phi) is 3.13. The maximum absolute atomic E-state index is 11.7. The van der Waals surface area contributed by atoms with Gasteiger partial charge < -0.3 is 16.0 Å². The van der Waals surface area contributed by atoms with E-state index in [4.69, 9.17) is 5.73 Å². The zero-order valence-corrected chi connectivity index (χ0v) is 11.3. The van der Waals surface area contributed by atoms with Crippen LogP contribution in [-0.2, 0) is 4.79 Å². The number of rotatable bonds is 4. The number of hydrogen-bond donors (Lipinski definition) is 3. The molecule has 1 saturated heterocycles. The van der Waals surface area contributed by atoms with E-state index in [9.17, 15) is 4.79 Å². The third kappa shape index (κ3) is 2.24. The molecule has 0 aromatic carbocycles. The van der Waals surface area contributed by atoms with Crippen molar-refractivity contribution in [3.63, 3.8) is 0 Å². The number of carbonyl (C=O) groups is 1. The highest BCUT2D eigenvalue weighted by Crippen LogP contribution is 2.21. The van der Waals surface area contributed by atoms with Gasteiger partial charge in [0.15, 0.2) is 5.65 Å². The summed E-state index contributed by atoms with van der Waals surface area (Å²) in [5.74, 6) is 1.36. The van der Waals surface area contributed by atoms with Gasteiger partial charge in [-0.2, -0.15) is 15.1 Å². The van der Waals surface area contributed by atoms with E-state index in [0.717, 1.165) is 18.5 Å². The molecule has 1 atom stereocenters. The van der Waals surface area contributed by atoms with Crippen LogP contribution in [0.1, 0.15) is 13.3 Å². The van der Waals surface area contributed by atoms with E-state index in [0.29, 0.717) is 30.3 Å². The van der Waals surface area contributed by atoms with E-state index in [2.05, 4.69) is 25.5 Å². The standard InChI is InChI=1S/C12H17N7O/c1-2-19-6-7(3-9(19)20)4-14-10-8-5-15-18-11(8)17-12(13)16-10/h5,7H,2-4,6H2,1H3,(H4,13,14,15,16,17,18). The molecule has 0 spiro atoms. The molecule has 1 amide bonds. The zero-order chi connectivity index (χ0) is 14.1. The highest BCUT2D eigenvalue weighted by molar-refractivity contribution is 5.86. The van der Waals surface area contributed by atoms with E-state index < -0.39 is 0 Å². The largest absolute Gasteiger partial charge is 0.369 e. The number of H-pyrrole nitrogens is 1. The van der Waals surface area contributed by atoms with E-state index in [1.807, 2.05) is 11.8 Å². The van der Waals surface area contributed by atoms with Crippen LogP contribution in [0.3, 0.4) is 0 Å². The SMILES string of the molecule is CCN1CC(CNc2nc(N)nc3[nH]ncc23)CC1=O. The topological polar surface area (TPSA) is 113 Å². The van der Waals surface area contributed by atoms with Crippen LogP contribution in [0, 0.1) is 5.92 Å². The Balaban J connectivity index is 1.71. The molecule has 1 aliphatic heterocycles. The average Bonchev–Trinajstić information content (AvgIpc) is 3.01. The van der Waals surface area contributed by atoms with Gasteiger partial charge in [0.05, 0.1) is 11.6 Å². The van der Waals surface area contributed by atoms with Crippen LogP contribution in [0.2, 0.25) is 0 Å². The summed E-state index contributed by atoms with van der Waals surface area (Å²) < 4.78 is 0. The van der Waals surface area contributed by atoms with Gasteiger partial charge in [0.2, 0.25) is 11.9 Å². The van der Waals surface area contributed by atoms with Gasteiger partial charge >= 0.3 is 0 Å². The third-order valence-electron chi connectivity index (χ3n) is 3.56. The van der Waals surface area contributed by atoms with Crippen LogP contribution in [0.25, 0.3) is 11.0 Å². The highest BCUT2D eigenvalue weighted by Gasteiger charge is 2.28.